The quantitative estimate of drug-likeness (QED) is 0.784. The van der Waals surface area contributed by atoms with E-state index >= 15 is 0 Å². The molecule has 3 rings (SSSR count). The largest absolute Gasteiger partial charge is 0.471 e. The van der Waals surface area contributed by atoms with Crippen molar-refractivity contribution in [2.24, 2.45) is 0 Å². The van der Waals surface area contributed by atoms with E-state index in [1.165, 1.54) is 24.3 Å². The highest BCUT2D eigenvalue weighted by molar-refractivity contribution is 5.99. The maximum Gasteiger partial charge on any atom is 0.270 e. The van der Waals surface area contributed by atoms with Gasteiger partial charge in [-0.05, 0) is 36.8 Å². The van der Waals surface area contributed by atoms with Crippen LogP contribution in [0.2, 0.25) is 0 Å². The Bertz CT molecular complexity index is 683. The van der Waals surface area contributed by atoms with Gasteiger partial charge in [-0.1, -0.05) is 12.1 Å². The maximum atomic E-state index is 12.9. The van der Waals surface area contributed by atoms with Gasteiger partial charge in [-0.2, -0.15) is 0 Å². The van der Waals surface area contributed by atoms with Crippen LogP contribution in [0.4, 0.5) is 15.8 Å². The van der Waals surface area contributed by atoms with Crippen LogP contribution in [0.5, 0.6) is 5.75 Å². The van der Waals surface area contributed by atoms with Crippen LogP contribution in [-0.2, 0) is 4.79 Å². The Kier molecular flexibility index (Phi) is 2.82. The van der Waals surface area contributed by atoms with Crippen LogP contribution in [0, 0.1) is 12.7 Å². The van der Waals surface area contributed by atoms with Gasteiger partial charge in [-0.15, -0.1) is 0 Å². The molecule has 20 heavy (non-hydrogen) atoms. The molecule has 102 valence electrons. The van der Waals surface area contributed by atoms with Crippen molar-refractivity contribution < 1.29 is 13.9 Å². The molecule has 1 heterocycles. The van der Waals surface area contributed by atoms with Crippen molar-refractivity contribution in [3.05, 3.63) is 53.3 Å². The van der Waals surface area contributed by atoms with Crippen LogP contribution in [-0.4, -0.2) is 5.91 Å². The summed E-state index contributed by atoms with van der Waals surface area (Å²) in [5, 5.41) is 2.77. The third-order valence-corrected chi connectivity index (χ3v) is 3.17. The van der Waals surface area contributed by atoms with Crippen molar-refractivity contribution in [2.45, 2.75) is 13.0 Å². The van der Waals surface area contributed by atoms with E-state index in [4.69, 9.17) is 10.5 Å². The number of nitrogens with two attached hydrogens (primary N) is 1. The number of fused-ring (bicyclic) bond motifs is 1. The van der Waals surface area contributed by atoms with E-state index < -0.39 is 6.10 Å². The van der Waals surface area contributed by atoms with E-state index in [1.807, 2.05) is 6.92 Å². The van der Waals surface area contributed by atoms with Gasteiger partial charge < -0.3 is 15.8 Å². The summed E-state index contributed by atoms with van der Waals surface area (Å²) in [4.78, 5) is 12.1. The van der Waals surface area contributed by atoms with Gasteiger partial charge in [0.05, 0.1) is 11.4 Å². The van der Waals surface area contributed by atoms with E-state index in [0.717, 1.165) is 5.56 Å². The van der Waals surface area contributed by atoms with Gasteiger partial charge in [0.1, 0.15) is 5.82 Å². The number of carbonyl (C=O) groups is 1. The summed E-state index contributed by atoms with van der Waals surface area (Å²) >= 11 is 0. The predicted molar refractivity (Wildman–Crippen MR) is 74.0 cm³/mol. The number of halogens is 1. The van der Waals surface area contributed by atoms with E-state index in [0.29, 0.717) is 22.7 Å². The highest BCUT2D eigenvalue weighted by atomic mass is 19.1. The molecule has 3 N–H and O–H groups in total. The van der Waals surface area contributed by atoms with Gasteiger partial charge in [-0.25, -0.2) is 4.39 Å². The fraction of sp³-hybridized carbons (Fsp3) is 0.133. The van der Waals surface area contributed by atoms with Crippen LogP contribution in [0.3, 0.4) is 0 Å². The number of hydrogen-bond acceptors (Lipinski definition) is 3. The van der Waals surface area contributed by atoms with Gasteiger partial charge in [0, 0.05) is 5.56 Å². The molecule has 0 saturated carbocycles. The molecule has 1 amide bonds. The topological polar surface area (TPSA) is 64.3 Å². The van der Waals surface area contributed by atoms with Gasteiger partial charge in [0.2, 0.25) is 6.10 Å². The van der Waals surface area contributed by atoms with E-state index in [9.17, 15) is 9.18 Å². The molecule has 4 nitrogen and oxygen atoms in total. The molecule has 0 radical (unpaired) electrons. The van der Waals surface area contributed by atoms with Gasteiger partial charge in [0.15, 0.2) is 5.75 Å². The Labute approximate surface area is 115 Å². The molecular weight excluding hydrogens is 259 g/mol. The minimum absolute atomic E-state index is 0.297. The Morgan fingerprint density at radius 1 is 1.25 bits per heavy atom. The lowest BCUT2D eigenvalue weighted by molar-refractivity contribution is -0.123. The molecule has 2 aromatic rings. The average molecular weight is 272 g/mol. The third-order valence-electron chi connectivity index (χ3n) is 3.17. The lowest BCUT2D eigenvalue weighted by atomic mass is 10.1. The molecule has 1 aliphatic heterocycles. The average Bonchev–Trinajstić information content (AvgIpc) is 2.39. The summed E-state index contributed by atoms with van der Waals surface area (Å²) < 4.78 is 18.6. The number of hydrogen-bond donors (Lipinski definition) is 2. The highest BCUT2D eigenvalue weighted by Gasteiger charge is 2.30. The van der Waals surface area contributed by atoms with Crippen LogP contribution in [0.1, 0.15) is 17.2 Å². The van der Waals surface area contributed by atoms with Crippen LogP contribution in [0.25, 0.3) is 0 Å². The molecule has 0 aromatic heterocycles. The third kappa shape index (κ3) is 2.07. The van der Waals surface area contributed by atoms with Gasteiger partial charge in [0.25, 0.3) is 5.91 Å². The standard InChI is InChI=1S/C15H13FN2O2/c1-8-6-11(17)14-12(7-8)18-15(19)13(20-14)9-2-4-10(16)5-3-9/h2-7,13H,17H2,1H3,(H,18,19). The van der Waals surface area contributed by atoms with E-state index in [-0.39, 0.29) is 11.7 Å². The smallest absolute Gasteiger partial charge is 0.270 e. The fourth-order valence-electron chi connectivity index (χ4n) is 2.25. The zero-order valence-corrected chi connectivity index (χ0v) is 10.8. The number of benzene rings is 2. The molecule has 0 fully saturated rings. The van der Waals surface area contributed by atoms with Crippen molar-refractivity contribution >= 4 is 17.3 Å². The van der Waals surface area contributed by atoms with E-state index in [2.05, 4.69) is 5.32 Å². The number of amides is 1. The Morgan fingerprint density at radius 3 is 2.65 bits per heavy atom. The number of nitrogens with one attached hydrogen (secondary N) is 1. The van der Waals surface area contributed by atoms with Crippen molar-refractivity contribution in [3.63, 3.8) is 0 Å². The fourth-order valence-corrected chi connectivity index (χ4v) is 2.25. The van der Waals surface area contributed by atoms with Crippen LogP contribution < -0.4 is 15.8 Å². The van der Waals surface area contributed by atoms with Crippen molar-refractivity contribution in [2.75, 3.05) is 11.1 Å². The SMILES string of the molecule is Cc1cc(N)c2c(c1)NC(=O)C(c1ccc(F)cc1)O2. The molecule has 0 spiro atoms. The number of carbonyl (C=O) groups excluding carboxylic acids is 1. The first kappa shape index (κ1) is 12.5. The molecule has 2 aromatic carbocycles. The molecular formula is C15H13FN2O2. The zero-order chi connectivity index (χ0) is 14.3. The molecule has 0 bridgehead atoms. The maximum absolute atomic E-state index is 12.9. The van der Waals surface area contributed by atoms with Crippen molar-refractivity contribution in [1.82, 2.24) is 0 Å². The number of nitrogen functional groups attached to an aromatic ring is 1. The minimum Gasteiger partial charge on any atom is -0.471 e. The highest BCUT2D eigenvalue weighted by Crippen LogP contribution is 2.40. The first-order valence-electron chi connectivity index (χ1n) is 6.18. The lowest BCUT2D eigenvalue weighted by Gasteiger charge is -2.27. The molecule has 5 heteroatoms. The Balaban J connectivity index is 2.00. The second-order valence-electron chi connectivity index (χ2n) is 4.77. The number of aryl methyl sites for hydroxylation is 1. The summed E-state index contributed by atoms with van der Waals surface area (Å²) in [6, 6.07) is 9.20. The van der Waals surface area contributed by atoms with Crippen LogP contribution in [0.15, 0.2) is 36.4 Å². The molecule has 1 unspecified atom stereocenters. The normalized spacial score (nSPS) is 17.1. The number of ether oxygens (including phenoxy) is 1. The van der Waals surface area contributed by atoms with Crippen LogP contribution >= 0.6 is 0 Å². The van der Waals surface area contributed by atoms with Crippen molar-refractivity contribution in [1.29, 1.82) is 0 Å². The first-order valence-corrected chi connectivity index (χ1v) is 6.18. The molecule has 1 aliphatic rings. The Hall–Kier alpha value is -2.56. The predicted octanol–water partition coefficient (Wildman–Crippen LogP) is 2.79. The summed E-state index contributed by atoms with van der Waals surface area (Å²) in [5.41, 5.74) is 8.46. The molecule has 0 aliphatic carbocycles. The lowest BCUT2D eigenvalue weighted by Crippen LogP contribution is -2.30. The minimum atomic E-state index is -0.826. The Morgan fingerprint density at radius 2 is 1.95 bits per heavy atom. The van der Waals surface area contributed by atoms with Crippen molar-refractivity contribution in [3.8, 4) is 5.75 Å². The monoisotopic (exact) mass is 272 g/mol. The second-order valence-corrected chi connectivity index (χ2v) is 4.77. The van der Waals surface area contributed by atoms with E-state index in [1.54, 1.807) is 12.1 Å². The number of rotatable bonds is 1. The first-order chi connectivity index (χ1) is 9.54. The summed E-state index contributed by atoms with van der Waals surface area (Å²) in [5.74, 6) is -0.209. The second kappa shape index (κ2) is 4.52. The molecule has 0 saturated heterocycles. The summed E-state index contributed by atoms with van der Waals surface area (Å²) in [6.07, 6.45) is -0.826. The van der Waals surface area contributed by atoms with Gasteiger partial charge >= 0.3 is 0 Å². The summed E-state index contributed by atoms with van der Waals surface area (Å²) in [7, 11) is 0. The molecule has 1 atom stereocenters. The summed E-state index contributed by atoms with van der Waals surface area (Å²) in [6.45, 7) is 1.88. The number of anilines is 2. The zero-order valence-electron chi connectivity index (χ0n) is 10.8. The van der Waals surface area contributed by atoms with Gasteiger partial charge in [-0.3, -0.25) is 4.79 Å².